The first-order valence-corrected chi connectivity index (χ1v) is 30.0. The van der Waals surface area contributed by atoms with Crippen LogP contribution in [0.2, 0.25) is 0 Å². The quantitative estimate of drug-likeness (QED) is 0.122. The molecule has 15 rings (SSSR count). The van der Waals surface area contributed by atoms with Crippen LogP contribution in [-0.4, -0.2) is 24.5 Å². The van der Waals surface area contributed by atoms with Crippen LogP contribution in [0.3, 0.4) is 0 Å². The molecule has 0 unspecified atom stereocenters. The number of aryl methyl sites for hydroxylation is 2. The Morgan fingerprint density at radius 2 is 0.640 bits per heavy atom. The van der Waals surface area contributed by atoms with E-state index in [1.54, 1.807) is 0 Å². The van der Waals surface area contributed by atoms with Crippen molar-refractivity contribution in [2.24, 2.45) is 0 Å². The lowest BCUT2D eigenvalue weighted by molar-refractivity contribution is 1.18. The molecular weight excluding hydrogens is 1080 g/mol. The van der Waals surface area contributed by atoms with Crippen molar-refractivity contribution in [1.29, 1.82) is 5.26 Å². The predicted octanol–water partition coefficient (Wildman–Crippen LogP) is 21.2. The second kappa shape index (κ2) is 23.2. The standard InChI is InChI=1S/C83H56N6/c1-54-40-45-78-68(46-54)67-37-21-22-39-77(67)89(78)66-43-41-62(42-44-66)81-82(65-51-75(60-33-17-7-18-34-60)88-76(52-65)61-35-19-8-20-36-61)79(63-47-71(56-25-9-3-10-26-56)86-72(48-63)57-27-11-4-12-28-57)69(53-84)80(83(81)70-38-23-24-55(2)85-70)64-49-73(58-29-13-5-14-30-58)87-74(50-64)59-31-15-6-16-32-59/h3-52H,1-2H3. The van der Waals surface area contributed by atoms with Crippen molar-refractivity contribution in [3.8, 4) is 135 Å². The van der Waals surface area contributed by atoms with Gasteiger partial charge < -0.3 is 4.57 Å². The Bertz CT molecular complexity index is 5000. The van der Waals surface area contributed by atoms with Crippen LogP contribution in [0, 0.1) is 25.2 Å². The van der Waals surface area contributed by atoms with Crippen LogP contribution < -0.4 is 0 Å². The summed E-state index contributed by atoms with van der Waals surface area (Å²) in [6.07, 6.45) is 0. The molecule has 15 aromatic rings. The van der Waals surface area contributed by atoms with E-state index < -0.39 is 0 Å². The van der Waals surface area contributed by atoms with Gasteiger partial charge >= 0.3 is 0 Å². The Morgan fingerprint density at radius 3 is 1.06 bits per heavy atom. The van der Waals surface area contributed by atoms with Crippen LogP contribution in [0.1, 0.15) is 16.8 Å². The van der Waals surface area contributed by atoms with Gasteiger partial charge in [-0.2, -0.15) is 5.26 Å². The fraction of sp³-hybridized carbons (Fsp3) is 0.0241. The van der Waals surface area contributed by atoms with Gasteiger partial charge in [0, 0.05) is 77.8 Å². The molecule has 6 heteroatoms. The van der Waals surface area contributed by atoms with Gasteiger partial charge in [0.05, 0.1) is 56.5 Å². The summed E-state index contributed by atoms with van der Waals surface area (Å²) in [6, 6.07) is 109. The molecule has 89 heavy (non-hydrogen) atoms. The third-order valence-corrected chi connectivity index (χ3v) is 16.8. The van der Waals surface area contributed by atoms with Gasteiger partial charge in [-0.05, 0) is 121 Å². The Balaban J connectivity index is 1.16. The molecule has 0 radical (unpaired) electrons. The van der Waals surface area contributed by atoms with Crippen molar-refractivity contribution < 1.29 is 0 Å². The maximum Gasteiger partial charge on any atom is 0.100 e. The number of benzene rings is 10. The smallest absolute Gasteiger partial charge is 0.100 e. The summed E-state index contributed by atoms with van der Waals surface area (Å²) in [4.78, 5) is 21.9. The molecule has 0 bridgehead atoms. The van der Waals surface area contributed by atoms with Gasteiger partial charge in [0.15, 0.2) is 0 Å². The van der Waals surface area contributed by atoms with E-state index in [1.807, 2.05) is 97.9 Å². The second-order valence-electron chi connectivity index (χ2n) is 22.5. The normalized spacial score (nSPS) is 11.2. The zero-order valence-corrected chi connectivity index (χ0v) is 49.1. The molecule has 5 heterocycles. The molecular formula is C83H56N6. The third-order valence-electron chi connectivity index (χ3n) is 16.8. The first kappa shape index (κ1) is 53.8. The van der Waals surface area contributed by atoms with Gasteiger partial charge in [0.25, 0.3) is 0 Å². The van der Waals surface area contributed by atoms with Crippen LogP contribution in [0.15, 0.2) is 303 Å². The van der Waals surface area contributed by atoms with E-state index in [2.05, 4.69) is 230 Å². The summed E-state index contributed by atoms with van der Waals surface area (Å²) in [6.45, 7) is 4.19. The van der Waals surface area contributed by atoms with Crippen molar-refractivity contribution in [2.45, 2.75) is 13.8 Å². The number of hydrogen-bond donors (Lipinski definition) is 0. The molecule has 0 spiro atoms. The molecule has 418 valence electrons. The van der Waals surface area contributed by atoms with Gasteiger partial charge in [-0.1, -0.05) is 230 Å². The maximum atomic E-state index is 12.8. The fourth-order valence-electron chi connectivity index (χ4n) is 12.7. The average Bonchev–Trinajstić information content (AvgIpc) is 1.07. The number of pyridine rings is 4. The summed E-state index contributed by atoms with van der Waals surface area (Å²) in [5.74, 6) is 0. The Morgan fingerprint density at radius 1 is 0.270 bits per heavy atom. The minimum absolute atomic E-state index is 0.465. The molecule has 0 aliphatic carbocycles. The van der Waals surface area contributed by atoms with E-state index in [4.69, 9.17) is 19.9 Å². The predicted molar refractivity (Wildman–Crippen MR) is 366 cm³/mol. The number of aromatic nitrogens is 5. The summed E-state index contributed by atoms with van der Waals surface area (Å²) in [5.41, 5.74) is 24.2. The maximum absolute atomic E-state index is 12.8. The molecule has 0 aliphatic rings. The number of nitriles is 1. The summed E-state index contributed by atoms with van der Waals surface area (Å²) < 4.78 is 2.37. The number of para-hydroxylation sites is 1. The zero-order valence-electron chi connectivity index (χ0n) is 49.1. The second-order valence-corrected chi connectivity index (χ2v) is 22.5. The molecule has 0 saturated heterocycles. The van der Waals surface area contributed by atoms with E-state index in [-0.39, 0.29) is 0 Å². The first-order chi connectivity index (χ1) is 43.9. The number of rotatable bonds is 12. The van der Waals surface area contributed by atoms with Crippen molar-refractivity contribution in [3.05, 3.63) is 320 Å². The fourth-order valence-corrected chi connectivity index (χ4v) is 12.7. The molecule has 0 saturated carbocycles. The van der Waals surface area contributed by atoms with Crippen molar-refractivity contribution in [1.82, 2.24) is 24.5 Å². The van der Waals surface area contributed by atoms with E-state index in [1.165, 1.54) is 16.3 Å². The van der Waals surface area contributed by atoms with E-state index in [0.717, 1.165) is 140 Å². The summed E-state index contributed by atoms with van der Waals surface area (Å²) in [7, 11) is 0. The number of fused-ring (bicyclic) bond motifs is 3. The monoisotopic (exact) mass is 1140 g/mol. The van der Waals surface area contributed by atoms with Gasteiger partial charge in [-0.3, -0.25) is 4.98 Å². The van der Waals surface area contributed by atoms with Crippen molar-refractivity contribution in [3.63, 3.8) is 0 Å². The highest BCUT2D eigenvalue weighted by atomic mass is 15.0. The highest BCUT2D eigenvalue weighted by molar-refractivity contribution is 6.12. The summed E-state index contributed by atoms with van der Waals surface area (Å²) >= 11 is 0. The molecule has 6 nitrogen and oxygen atoms in total. The lowest BCUT2D eigenvalue weighted by Crippen LogP contribution is -2.05. The van der Waals surface area contributed by atoms with Crippen LogP contribution in [0.4, 0.5) is 0 Å². The first-order valence-electron chi connectivity index (χ1n) is 30.0. The zero-order chi connectivity index (χ0) is 59.8. The average molecular weight is 1140 g/mol. The highest BCUT2D eigenvalue weighted by Crippen LogP contribution is 2.54. The van der Waals surface area contributed by atoms with Crippen molar-refractivity contribution >= 4 is 21.8 Å². The van der Waals surface area contributed by atoms with E-state index in [9.17, 15) is 5.26 Å². The van der Waals surface area contributed by atoms with Crippen LogP contribution in [-0.2, 0) is 0 Å². The largest absolute Gasteiger partial charge is 0.309 e. The van der Waals surface area contributed by atoms with E-state index >= 15 is 0 Å². The molecule has 0 fully saturated rings. The van der Waals surface area contributed by atoms with Crippen LogP contribution in [0.5, 0.6) is 0 Å². The summed E-state index contributed by atoms with van der Waals surface area (Å²) in [5, 5.41) is 15.2. The molecule has 5 aromatic heterocycles. The topological polar surface area (TPSA) is 80.3 Å². The number of hydrogen-bond acceptors (Lipinski definition) is 5. The van der Waals surface area contributed by atoms with Crippen LogP contribution in [0.25, 0.3) is 151 Å². The molecule has 0 N–H and O–H groups in total. The molecule has 0 aliphatic heterocycles. The lowest BCUT2D eigenvalue weighted by atomic mass is 9.76. The van der Waals surface area contributed by atoms with Gasteiger partial charge in [-0.25, -0.2) is 15.0 Å². The molecule has 10 aromatic carbocycles. The van der Waals surface area contributed by atoms with Crippen LogP contribution >= 0.6 is 0 Å². The molecule has 0 amide bonds. The van der Waals surface area contributed by atoms with Gasteiger partial charge in [0.1, 0.15) is 6.07 Å². The number of nitrogens with zero attached hydrogens (tertiary/aromatic N) is 6. The minimum Gasteiger partial charge on any atom is -0.309 e. The van der Waals surface area contributed by atoms with E-state index in [0.29, 0.717) is 11.3 Å². The third kappa shape index (κ3) is 10.2. The highest BCUT2D eigenvalue weighted by Gasteiger charge is 2.32. The van der Waals surface area contributed by atoms with Gasteiger partial charge in [0.2, 0.25) is 0 Å². The van der Waals surface area contributed by atoms with Gasteiger partial charge in [-0.15, -0.1) is 0 Å². The Hall–Kier alpha value is -11.9. The Labute approximate surface area is 517 Å². The van der Waals surface area contributed by atoms with Crippen molar-refractivity contribution in [2.75, 3.05) is 0 Å². The Kier molecular flexibility index (Phi) is 14.0. The molecule has 0 atom stereocenters. The minimum atomic E-state index is 0.465. The lowest BCUT2D eigenvalue weighted by Gasteiger charge is -2.27. The SMILES string of the molecule is Cc1ccc2c(c1)c1ccccc1n2-c1ccc(-c2c(-c3cc(-c4ccccc4)nc(-c4ccccc4)c3)c(-c3cc(-c4ccccc4)nc(-c4ccccc4)c3)c(C#N)c(-c3cc(-c4ccccc4)nc(-c4ccccc4)c3)c2-c2cccc(C)n2)cc1.